The first-order valence-electron chi connectivity index (χ1n) is 6.19. The van der Waals surface area contributed by atoms with E-state index in [2.05, 4.69) is 73.5 Å². The van der Waals surface area contributed by atoms with Crippen molar-refractivity contribution in [3.8, 4) is 5.69 Å². The van der Waals surface area contributed by atoms with Gasteiger partial charge in [-0.1, -0.05) is 12.1 Å². The molecule has 0 aliphatic rings. The molecule has 0 bridgehead atoms. The second-order valence-corrected chi connectivity index (χ2v) is 6.12. The maximum absolute atomic E-state index is 4.18. The van der Waals surface area contributed by atoms with Gasteiger partial charge in [0.05, 0.1) is 17.6 Å². The minimum Gasteiger partial charge on any atom is -0.311 e. The molecule has 0 fully saturated rings. The molecule has 0 aliphatic heterocycles. The third-order valence-electron chi connectivity index (χ3n) is 2.66. The normalized spacial score (nSPS) is 10.9. The van der Waals surface area contributed by atoms with E-state index >= 15 is 0 Å². The van der Waals surface area contributed by atoms with E-state index in [-0.39, 0.29) is 0 Å². The number of benzene rings is 1. The zero-order chi connectivity index (χ0) is 13.8. The summed E-state index contributed by atoms with van der Waals surface area (Å²) in [6.45, 7) is 5.94. The number of rotatable bonds is 5. The molecule has 1 aromatic carbocycles. The fourth-order valence-corrected chi connectivity index (χ4v) is 3.57. The molecule has 1 heterocycles. The lowest BCUT2D eigenvalue weighted by Crippen LogP contribution is -2.13. The molecule has 19 heavy (non-hydrogen) atoms. The summed E-state index contributed by atoms with van der Waals surface area (Å²) in [7, 11) is 0. The fraction of sp³-hybridized carbons (Fsp3) is 0.385. The first kappa shape index (κ1) is 14.7. The highest BCUT2D eigenvalue weighted by Gasteiger charge is 2.10. The molecule has 102 valence electrons. The Balaban J connectivity index is 2.23. The molecular formula is C13H16Br2N4. The Labute approximate surface area is 129 Å². The van der Waals surface area contributed by atoms with Crippen LogP contribution in [0.5, 0.6) is 0 Å². The maximum Gasteiger partial charge on any atom is 0.0969 e. The summed E-state index contributed by atoms with van der Waals surface area (Å²) < 4.78 is 3.78. The van der Waals surface area contributed by atoms with E-state index in [4.69, 9.17) is 0 Å². The molecular weight excluding hydrogens is 372 g/mol. The molecule has 1 N–H and O–H groups in total. The van der Waals surface area contributed by atoms with Crippen molar-refractivity contribution < 1.29 is 0 Å². The number of halogens is 2. The summed E-state index contributed by atoms with van der Waals surface area (Å²) in [5.74, 6) is 0. The highest BCUT2D eigenvalue weighted by molar-refractivity contribution is 9.11. The summed E-state index contributed by atoms with van der Waals surface area (Å²) >= 11 is 7.15. The summed E-state index contributed by atoms with van der Waals surface area (Å²) in [5, 5.41) is 11.7. The predicted octanol–water partition coefficient (Wildman–Crippen LogP) is 3.60. The number of nitrogens with zero attached hydrogens (tertiary/aromatic N) is 3. The van der Waals surface area contributed by atoms with Crippen LogP contribution in [0.1, 0.15) is 24.6 Å². The Morgan fingerprint density at radius 3 is 2.58 bits per heavy atom. The Morgan fingerprint density at radius 1 is 1.26 bits per heavy atom. The molecule has 1 aromatic heterocycles. The zero-order valence-electron chi connectivity index (χ0n) is 11.0. The van der Waals surface area contributed by atoms with Crippen LogP contribution in [-0.4, -0.2) is 21.5 Å². The van der Waals surface area contributed by atoms with E-state index < -0.39 is 0 Å². The van der Waals surface area contributed by atoms with Crippen LogP contribution >= 0.6 is 31.9 Å². The van der Waals surface area contributed by atoms with E-state index in [0.29, 0.717) is 0 Å². The van der Waals surface area contributed by atoms with Crippen molar-refractivity contribution in [2.24, 2.45) is 0 Å². The molecule has 0 atom stereocenters. The van der Waals surface area contributed by atoms with E-state index in [1.54, 1.807) is 4.68 Å². The van der Waals surface area contributed by atoms with Crippen molar-refractivity contribution in [1.29, 1.82) is 0 Å². The second kappa shape index (κ2) is 6.63. The maximum atomic E-state index is 4.18. The molecule has 0 aliphatic carbocycles. The van der Waals surface area contributed by atoms with Crippen molar-refractivity contribution in [3.63, 3.8) is 0 Å². The molecule has 0 unspecified atom stereocenters. The van der Waals surface area contributed by atoms with Crippen LogP contribution in [-0.2, 0) is 6.54 Å². The van der Waals surface area contributed by atoms with E-state index in [0.717, 1.165) is 39.8 Å². The average molecular weight is 388 g/mol. The van der Waals surface area contributed by atoms with Crippen LogP contribution in [0.3, 0.4) is 0 Å². The van der Waals surface area contributed by atoms with Crippen LogP contribution in [0.4, 0.5) is 0 Å². The fourth-order valence-electron chi connectivity index (χ4n) is 1.79. The van der Waals surface area contributed by atoms with Gasteiger partial charge >= 0.3 is 0 Å². The van der Waals surface area contributed by atoms with Crippen LogP contribution in [0.25, 0.3) is 5.69 Å². The second-order valence-electron chi connectivity index (χ2n) is 4.41. The summed E-state index contributed by atoms with van der Waals surface area (Å²) in [6.07, 6.45) is 3.06. The molecule has 6 heteroatoms. The minimum absolute atomic E-state index is 0.745. The SMILES string of the molecule is CCCNCc1cn(-c2c(Br)cc(C)cc2Br)nn1. The first-order valence-corrected chi connectivity index (χ1v) is 7.78. The first-order chi connectivity index (χ1) is 9.11. The lowest BCUT2D eigenvalue weighted by Gasteiger charge is -2.07. The summed E-state index contributed by atoms with van der Waals surface area (Å²) in [4.78, 5) is 0. The van der Waals surface area contributed by atoms with Crippen molar-refractivity contribution in [2.75, 3.05) is 6.54 Å². The van der Waals surface area contributed by atoms with E-state index in [9.17, 15) is 0 Å². The lowest BCUT2D eigenvalue weighted by atomic mass is 10.2. The smallest absolute Gasteiger partial charge is 0.0969 e. The van der Waals surface area contributed by atoms with Crippen LogP contribution < -0.4 is 5.32 Å². The third-order valence-corrected chi connectivity index (χ3v) is 3.87. The molecule has 0 spiro atoms. The number of hydrogen-bond donors (Lipinski definition) is 1. The van der Waals surface area contributed by atoms with E-state index in [1.165, 1.54) is 5.56 Å². The molecule has 0 amide bonds. The number of nitrogens with one attached hydrogen (secondary N) is 1. The van der Waals surface area contributed by atoms with Gasteiger partial charge in [-0.15, -0.1) is 5.10 Å². The molecule has 0 saturated carbocycles. The number of aryl methyl sites for hydroxylation is 1. The van der Waals surface area contributed by atoms with Crippen LogP contribution in [0, 0.1) is 6.92 Å². The van der Waals surface area contributed by atoms with Crippen molar-refractivity contribution in [3.05, 3.63) is 38.5 Å². The van der Waals surface area contributed by atoms with Crippen molar-refractivity contribution in [1.82, 2.24) is 20.3 Å². The highest BCUT2D eigenvalue weighted by Crippen LogP contribution is 2.30. The topological polar surface area (TPSA) is 42.7 Å². The zero-order valence-corrected chi connectivity index (χ0v) is 14.1. The Morgan fingerprint density at radius 2 is 1.95 bits per heavy atom. The standard InChI is InChI=1S/C13H16Br2N4/c1-3-4-16-7-10-8-19(18-17-10)13-11(14)5-9(2)6-12(13)15/h5-6,8,16H,3-4,7H2,1-2H3. The van der Waals surface area contributed by atoms with Crippen molar-refractivity contribution >= 4 is 31.9 Å². The van der Waals surface area contributed by atoms with E-state index in [1.807, 2.05) is 6.20 Å². The minimum atomic E-state index is 0.745. The summed E-state index contributed by atoms with van der Waals surface area (Å²) in [6, 6.07) is 4.13. The third kappa shape index (κ3) is 3.64. The number of hydrogen-bond acceptors (Lipinski definition) is 3. The monoisotopic (exact) mass is 386 g/mol. The van der Waals surface area contributed by atoms with Gasteiger partial charge in [0.2, 0.25) is 0 Å². The highest BCUT2D eigenvalue weighted by atomic mass is 79.9. The molecule has 2 rings (SSSR count). The molecule has 2 aromatic rings. The van der Waals surface area contributed by atoms with Gasteiger partial charge in [-0.3, -0.25) is 0 Å². The van der Waals surface area contributed by atoms with Crippen molar-refractivity contribution in [2.45, 2.75) is 26.8 Å². The van der Waals surface area contributed by atoms with Gasteiger partial charge in [-0.25, -0.2) is 4.68 Å². The van der Waals surface area contributed by atoms with Crippen LogP contribution in [0.15, 0.2) is 27.3 Å². The van der Waals surface area contributed by atoms with Gasteiger partial charge in [-0.05, 0) is 69.4 Å². The average Bonchev–Trinajstić information content (AvgIpc) is 2.76. The Hall–Kier alpha value is -0.720. The molecule has 4 nitrogen and oxygen atoms in total. The Kier molecular flexibility index (Phi) is 5.13. The molecule has 0 radical (unpaired) electrons. The van der Waals surface area contributed by atoms with Crippen LogP contribution in [0.2, 0.25) is 0 Å². The predicted molar refractivity (Wildman–Crippen MR) is 83.5 cm³/mol. The van der Waals surface area contributed by atoms with Gasteiger partial charge < -0.3 is 5.32 Å². The number of aromatic nitrogens is 3. The quantitative estimate of drug-likeness (QED) is 0.797. The Bertz CT molecular complexity index is 543. The van der Waals surface area contributed by atoms with Gasteiger partial charge in [-0.2, -0.15) is 0 Å². The van der Waals surface area contributed by atoms with Gasteiger partial charge in [0.15, 0.2) is 0 Å². The van der Waals surface area contributed by atoms with Gasteiger partial charge in [0, 0.05) is 15.5 Å². The lowest BCUT2D eigenvalue weighted by molar-refractivity contribution is 0.662. The largest absolute Gasteiger partial charge is 0.311 e. The molecule has 0 saturated heterocycles. The van der Waals surface area contributed by atoms with Gasteiger partial charge in [0.25, 0.3) is 0 Å². The summed E-state index contributed by atoms with van der Waals surface area (Å²) in [5.41, 5.74) is 3.10. The van der Waals surface area contributed by atoms with Gasteiger partial charge in [0.1, 0.15) is 0 Å².